The van der Waals surface area contributed by atoms with Crippen molar-refractivity contribution >= 4 is 51.1 Å². The number of aliphatic carboxylic acids is 1. The number of nitrogen functional groups attached to an aromatic ring is 1. The fourth-order valence-electron chi connectivity index (χ4n) is 7.41. The molecule has 2 heterocycles. The monoisotopic (exact) mass is 1120 g/mol. The van der Waals surface area contributed by atoms with Gasteiger partial charge < -0.3 is 55.9 Å². The third-order valence-corrected chi connectivity index (χ3v) is 15.6. The number of ether oxygens (including phenoxy) is 3. The third-order valence-electron chi connectivity index (χ3n) is 11.6. The maximum atomic E-state index is 13.2. The Morgan fingerprint density at radius 1 is 0.853 bits per heavy atom. The number of phosphoric ester groups is 2. The van der Waals surface area contributed by atoms with Crippen LogP contribution in [0.25, 0.3) is 0 Å². The van der Waals surface area contributed by atoms with Gasteiger partial charge in [0, 0.05) is 30.0 Å². The molecule has 428 valence electrons. The van der Waals surface area contributed by atoms with Gasteiger partial charge in [-0.05, 0) is 50.5 Å². The van der Waals surface area contributed by atoms with Gasteiger partial charge >= 0.3 is 39.2 Å². The first-order valence-electron chi connectivity index (χ1n) is 25.9. The van der Waals surface area contributed by atoms with Gasteiger partial charge in [-0.25, -0.2) is 13.9 Å². The molecule has 0 saturated carbocycles. The average molecular weight is 1120 g/mol. The summed E-state index contributed by atoms with van der Waals surface area (Å²) in [5.41, 5.74) is 10.7. The number of esters is 2. The molecule has 22 nitrogen and oxygen atoms in total. The number of thioether (sulfide) groups is 1. The predicted molar refractivity (Wildman–Crippen MR) is 285 cm³/mol. The van der Waals surface area contributed by atoms with Gasteiger partial charge in [-0.15, -0.1) is 11.8 Å². The van der Waals surface area contributed by atoms with Crippen LogP contribution in [0.15, 0.2) is 65.7 Å². The fraction of sp³-hybridized carbons (Fsp3) is 0.700. The quantitative estimate of drug-likeness (QED) is 0.0104. The molecule has 1 aromatic rings. The van der Waals surface area contributed by atoms with Crippen molar-refractivity contribution in [2.45, 2.75) is 191 Å². The highest BCUT2D eigenvalue weighted by Gasteiger charge is 2.46. The first-order valence-corrected chi connectivity index (χ1v) is 30.0. The van der Waals surface area contributed by atoms with Crippen LogP contribution in [-0.4, -0.2) is 125 Å². The van der Waals surface area contributed by atoms with Crippen LogP contribution in [0.3, 0.4) is 0 Å². The third kappa shape index (κ3) is 30.9. The lowest BCUT2D eigenvalue weighted by molar-refractivity contribution is -0.161. The van der Waals surface area contributed by atoms with Crippen molar-refractivity contribution in [3.8, 4) is 0 Å². The molecule has 0 spiro atoms. The second kappa shape index (κ2) is 38.1. The molecule has 1 aromatic heterocycles. The summed E-state index contributed by atoms with van der Waals surface area (Å²) in [5.74, 6) is -2.26. The number of aliphatic hydroxyl groups is 3. The number of nitrogens with two attached hydrogens (primary N) is 2. The van der Waals surface area contributed by atoms with Gasteiger partial charge in [-0.2, -0.15) is 9.29 Å². The van der Waals surface area contributed by atoms with Crippen LogP contribution < -0.4 is 17.2 Å². The Hall–Kier alpha value is -3.54. The highest BCUT2D eigenvalue weighted by atomic mass is 32.2. The van der Waals surface area contributed by atoms with Crippen molar-refractivity contribution in [2.75, 3.05) is 31.3 Å². The van der Waals surface area contributed by atoms with Crippen LogP contribution in [0.2, 0.25) is 0 Å². The molecule has 10 atom stereocenters. The minimum absolute atomic E-state index is 0.0530. The van der Waals surface area contributed by atoms with E-state index in [0.717, 1.165) is 73.9 Å². The number of carboxylic acid groups (broad SMARTS) is 1. The summed E-state index contributed by atoms with van der Waals surface area (Å²) in [4.78, 5) is 73.9. The van der Waals surface area contributed by atoms with Crippen LogP contribution in [0.4, 0.5) is 5.82 Å². The fourth-order valence-corrected chi connectivity index (χ4v) is 10.6. The van der Waals surface area contributed by atoms with Crippen LogP contribution in [-0.2, 0) is 51.1 Å². The highest BCUT2D eigenvalue weighted by Crippen LogP contribution is 2.60. The van der Waals surface area contributed by atoms with Crippen LogP contribution in [0, 0.1) is 5.92 Å². The van der Waals surface area contributed by atoms with Gasteiger partial charge in [-0.1, -0.05) is 140 Å². The Labute approximate surface area is 445 Å². The second-order valence-corrected chi connectivity index (χ2v) is 23.0. The van der Waals surface area contributed by atoms with E-state index in [0.29, 0.717) is 12.3 Å². The normalized spacial score (nSPS) is 20.5. The maximum Gasteiger partial charge on any atom is 0.481 e. The number of allylic oxidation sites excluding steroid dienone is 7. The molecule has 1 saturated heterocycles. The number of hydrogen-bond donors (Lipinski definition) is 8. The van der Waals surface area contributed by atoms with Crippen molar-refractivity contribution < 1.29 is 81.3 Å². The van der Waals surface area contributed by atoms with Gasteiger partial charge in [0.05, 0.1) is 19.3 Å². The van der Waals surface area contributed by atoms with E-state index in [1.165, 1.54) is 44.6 Å². The molecule has 0 bridgehead atoms. The molecule has 25 heteroatoms. The number of carbonyl (C=O) groups is 3. The molecule has 0 radical (unpaired) electrons. The summed E-state index contributed by atoms with van der Waals surface area (Å²) in [5, 5.41) is 40.4. The number of aromatic nitrogens is 2. The van der Waals surface area contributed by atoms with Crippen LogP contribution in [0.1, 0.15) is 149 Å². The van der Waals surface area contributed by atoms with E-state index >= 15 is 0 Å². The summed E-state index contributed by atoms with van der Waals surface area (Å²) < 4.78 is 56.9. The van der Waals surface area contributed by atoms with E-state index in [-0.39, 0.29) is 37.3 Å². The Morgan fingerprint density at radius 2 is 1.52 bits per heavy atom. The number of unbranched alkanes of at least 4 members (excludes halogenated alkanes) is 11. The van der Waals surface area contributed by atoms with E-state index in [9.17, 15) is 53.4 Å². The SMILES string of the molecule is CCCCC/C=C\C\C=C/C=C/C=C/[C@@H](SC[C@H](N)C(=O)OC[C@H](COP(=O)(O)OP(=O)(O)OC[C@H]1O[C@@H](n2ccc(N)nc2=O)[C@H](O)[C@@H]1O)OC(=O)CCCCCCCCCCCC(C)C)[C@@H](O)CCCC(=O)O. The van der Waals surface area contributed by atoms with Crippen molar-refractivity contribution in [2.24, 2.45) is 11.7 Å². The number of rotatable bonds is 42. The van der Waals surface area contributed by atoms with E-state index in [1.54, 1.807) is 18.2 Å². The van der Waals surface area contributed by atoms with Gasteiger partial charge in [0.2, 0.25) is 0 Å². The minimum atomic E-state index is -5.55. The largest absolute Gasteiger partial charge is 0.481 e. The number of carbonyl (C=O) groups excluding carboxylic acids is 2. The topological polar surface area (TPSA) is 349 Å². The Kier molecular flexibility index (Phi) is 34.3. The van der Waals surface area contributed by atoms with Gasteiger partial charge in [0.15, 0.2) is 12.3 Å². The van der Waals surface area contributed by atoms with Crippen molar-refractivity contribution in [1.29, 1.82) is 0 Å². The van der Waals surface area contributed by atoms with Crippen molar-refractivity contribution in [3.05, 3.63) is 71.4 Å². The Bertz CT molecular complexity index is 2090. The summed E-state index contributed by atoms with van der Waals surface area (Å²) >= 11 is 1.12. The number of hydrogen-bond acceptors (Lipinski definition) is 19. The zero-order valence-electron chi connectivity index (χ0n) is 43.7. The summed E-state index contributed by atoms with van der Waals surface area (Å²) in [6.45, 7) is 3.85. The smallest absolute Gasteiger partial charge is 0.481 e. The highest BCUT2D eigenvalue weighted by molar-refractivity contribution is 8.00. The second-order valence-electron chi connectivity index (χ2n) is 18.7. The predicted octanol–water partition coefficient (Wildman–Crippen LogP) is 7.34. The van der Waals surface area contributed by atoms with E-state index in [2.05, 4.69) is 42.2 Å². The molecular formula is C50H84N4O18P2S. The first kappa shape index (κ1) is 67.6. The molecule has 0 amide bonds. The lowest BCUT2D eigenvalue weighted by atomic mass is 10.0. The molecule has 2 rings (SSSR count). The van der Waals surface area contributed by atoms with Crippen LogP contribution >= 0.6 is 27.4 Å². The summed E-state index contributed by atoms with van der Waals surface area (Å²) in [7, 11) is -11.1. The molecule has 1 aliphatic heterocycles. The zero-order chi connectivity index (χ0) is 55.7. The first-order chi connectivity index (χ1) is 35.6. The maximum absolute atomic E-state index is 13.2. The minimum Gasteiger partial charge on any atom is -0.481 e. The van der Waals surface area contributed by atoms with E-state index in [1.807, 2.05) is 18.2 Å². The molecule has 1 aliphatic rings. The van der Waals surface area contributed by atoms with Crippen molar-refractivity contribution in [3.63, 3.8) is 0 Å². The Balaban J connectivity index is 2.06. The Morgan fingerprint density at radius 3 is 2.19 bits per heavy atom. The lowest BCUT2D eigenvalue weighted by Crippen LogP contribution is -2.38. The molecule has 0 aromatic carbocycles. The molecule has 2 unspecified atom stereocenters. The number of nitrogens with zero attached hydrogens (tertiary/aromatic N) is 2. The molecular weight excluding hydrogens is 1040 g/mol. The summed E-state index contributed by atoms with van der Waals surface area (Å²) in [6.07, 6.45) is 22.7. The molecule has 75 heavy (non-hydrogen) atoms. The molecule has 0 aliphatic carbocycles. The number of anilines is 1. The number of aliphatic hydroxyl groups excluding tert-OH is 3. The van der Waals surface area contributed by atoms with E-state index < -0.39 is 107 Å². The number of carboxylic acids is 1. The summed E-state index contributed by atoms with van der Waals surface area (Å²) in [6, 6.07) is -0.0732. The van der Waals surface area contributed by atoms with Gasteiger partial charge in [-0.3, -0.25) is 28.0 Å². The molecule has 10 N–H and O–H groups in total. The molecule has 1 fully saturated rings. The standard InChI is InChI=1S/C50H84N4O18P2S/c1-4-5-6-7-8-9-10-11-14-17-20-23-28-42(40(55)27-25-29-44(56)57)75-36-39(51)49(61)67-33-38(70-45(58)30-24-21-18-15-12-13-16-19-22-26-37(2)3)34-68-73(63,64)72-74(65,66)69-35-41-46(59)47(60)48(71-41)54-32-31-43(52)53-50(54)62/h8-9,11,14,17,20,23,28,31-32,37-42,46-48,55,59-60H,4-7,10,12-13,15-16,18-19,21-22,24-27,29-30,33-36,51H2,1-3H3,(H,56,57)(H,63,64)(H,65,66)(H2,52,53,62)/b9-8-,14-11-,20-17+,28-23+/t38-,39+,40+,41-,42-,46-,47-,48-/m1/s1. The van der Waals surface area contributed by atoms with Crippen LogP contribution in [0.5, 0.6) is 0 Å². The van der Waals surface area contributed by atoms with E-state index in [4.69, 9.17) is 39.8 Å². The van der Waals surface area contributed by atoms with Crippen molar-refractivity contribution in [1.82, 2.24) is 9.55 Å². The lowest BCUT2D eigenvalue weighted by Gasteiger charge is -2.23. The zero-order valence-corrected chi connectivity index (χ0v) is 46.3. The van der Waals surface area contributed by atoms with Gasteiger partial charge in [0.25, 0.3) is 0 Å². The average Bonchev–Trinajstić information content (AvgIpc) is 3.62. The van der Waals surface area contributed by atoms with Gasteiger partial charge in [0.1, 0.15) is 36.8 Å². The number of phosphoric acid groups is 2.